The number of benzene rings is 3. The summed E-state index contributed by atoms with van der Waals surface area (Å²) >= 11 is 3.81. The number of dihydropyridines is 3. The van der Waals surface area contributed by atoms with Crippen molar-refractivity contribution < 1.29 is 0 Å². The first-order chi connectivity index (χ1) is 24.8. The standard InChI is InChI=1S/C42H34N6S2/c1-3-19-45-39(5-1)47(27-15-21-43-22-16-27)29-7-9-33-37(25-29)49-35-13-11-32-31(41(33)35)12-14-36-42(32)34-10-8-30(26-38(34)50-36)48(28-17-23-44-24-18-28)40-6-2-4-20-46-40/h1-3,6,8,10-17,19,21-23,25-26,39H,4-5,7,9,18,20,24H2. The number of aromatic nitrogens is 1. The Morgan fingerprint density at radius 3 is 2.38 bits per heavy atom. The minimum absolute atomic E-state index is 0.0542. The predicted molar refractivity (Wildman–Crippen MR) is 216 cm³/mol. The second-order valence-electron chi connectivity index (χ2n) is 13.1. The average molecular weight is 687 g/mol. The molecule has 6 nitrogen and oxygen atoms in total. The van der Waals surface area contributed by atoms with Gasteiger partial charge in [-0.05, 0) is 96.3 Å². The molecule has 4 aliphatic rings. The summed E-state index contributed by atoms with van der Waals surface area (Å²) in [5, 5.41) is 6.80. The van der Waals surface area contributed by atoms with Crippen LogP contribution in [0.5, 0.6) is 0 Å². The highest BCUT2D eigenvalue weighted by molar-refractivity contribution is 7.26. The van der Waals surface area contributed by atoms with Crippen molar-refractivity contribution in [2.45, 2.75) is 38.3 Å². The van der Waals surface area contributed by atoms with Gasteiger partial charge in [0.2, 0.25) is 0 Å². The zero-order valence-electron chi connectivity index (χ0n) is 27.5. The molecule has 0 amide bonds. The number of nitrogens with zero attached hydrogens (tertiary/aromatic N) is 6. The van der Waals surface area contributed by atoms with Crippen molar-refractivity contribution in [3.8, 4) is 0 Å². The molecule has 6 heterocycles. The van der Waals surface area contributed by atoms with Gasteiger partial charge in [0.25, 0.3) is 0 Å². The molecular weight excluding hydrogens is 653 g/mol. The van der Waals surface area contributed by atoms with E-state index in [2.05, 4.69) is 105 Å². The maximum absolute atomic E-state index is 4.91. The molecule has 0 fully saturated rings. The van der Waals surface area contributed by atoms with Crippen LogP contribution in [0.4, 0.5) is 11.4 Å². The number of amidine groups is 1. The van der Waals surface area contributed by atoms with Crippen LogP contribution < -0.4 is 9.80 Å². The number of hydrogen-bond acceptors (Lipinski definition) is 8. The lowest BCUT2D eigenvalue weighted by atomic mass is 9.93. The molecule has 3 aromatic heterocycles. The first kappa shape index (κ1) is 29.7. The summed E-state index contributed by atoms with van der Waals surface area (Å²) in [7, 11) is 0. The fourth-order valence-electron chi connectivity index (χ4n) is 7.94. The zero-order valence-corrected chi connectivity index (χ0v) is 29.1. The fourth-order valence-corrected chi connectivity index (χ4v) is 10.3. The Kier molecular flexibility index (Phi) is 7.31. The van der Waals surface area contributed by atoms with Gasteiger partial charge in [-0.15, -0.1) is 22.7 Å². The van der Waals surface area contributed by atoms with Gasteiger partial charge in [0, 0.05) is 109 Å². The van der Waals surface area contributed by atoms with Gasteiger partial charge in [-0.2, -0.15) is 0 Å². The Balaban J connectivity index is 1.08. The molecule has 0 spiro atoms. The SMILES string of the molecule is C1=CCC(N(C2=Cc3sc4ccc5c(ccc6sc7cc(N(C8=CC=NCC8)C8=NCCC=C8)ccc7c65)c4c3CC2)c2ccncc2)N=C1. The molecule has 0 bridgehead atoms. The summed E-state index contributed by atoms with van der Waals surface area (Å²) in [6, 6.07) is 20.6. The third kappa shape index (κ3) is 4.96. The van der Waals surface area contributed by atoms with E-state index in [4.69, 9.17) is 9.98 Å². The molecule has 50 heavy (non-hydrogen) atoms. The van der Waals surface area contributed by atoms with Gasteiger partial charge in [-0.1, -0.05) is 30.4 Å². The monoisotopic (exact) mass is 686 g/mol. The summed E-state index contributed by atoms with van der Waals surface area (Å²) in [6.07, 6.45) is 25.7. The van der Waals surface area contributed by atoms with Crippen molar-refractivity contribution in [2.75, 3.05) is 22.9 Å². The summed E-state index contributed by atoms with van der Waals surface area (Å²) < 4.78 is 3.99. The molecule has 3 aliphatic heterocycles. The molecule has 1 atom stereocenters. The van der Waals surface area contributed by atoms with Crippen LogP contribution in [0.15, 0.2) is 124 Å². The molecule has 8 heteroatoms. The smallest absolute Gasteiger partial charge is 0.132 e. The van der Waals surface area contributed by atoms with Crippen LogP contribution in [-0.4, -0.2) is 42.5 Å². The Labute approximate surface area is 298 Å². The molecule has 0 saturated carbocycles. The summed E-state index contributed by atoms with van der Waals surface area (Å²) in [6.45, 7) is 1.64. The van der Waals surface area contributed by atoms with Crippen LogP contribution in [0.3, 0.4) is 0 Å². The Morgan fingerprint density at radius 2 is 1.58 bits per heavy atom. The average Bonchev–Trinajstić information content (AvgIpc) is 3.75. The van der Waals surface area contributed by atoms with Crippen LogP contribution in [-0.2, 0) is 6.42 Å². The largest absolute Gasteiger partial charge is 0.322 e. The van der Waals surface area contributed by atoms with Crippen molar-refractivity contribution in [3.63, 3.8) is 0 Å². The van der Waals surface area contributed by atoms with Crippen molar-refractivity contribution in [1.82, 2.24) is 4.98 Å². The van der Waals surface area contributed by atoms with Gasteiger partial charge in [0.05, 0.1) is 0 Å². The fraction of sp³-hybridized carbons (Fsp3) is 0.190. The highest BCUT2D eigenvalue weighted by atomic mass is 32.1. The van der Waals surface area contributed by atoms with Crippen molar-refractivity contribution in [1.29, 1.82) is 0 Å². The molecule has 1 unspecified atom stereocenters. The summed E-state index contributed by atoms with van der Waals surface area (Å²) in [4.78, 5) is 24.6. The minimum Gasteiger partial charge on any atom is -0.322 e. The second-order valence-corrected chi connectivity index (χ2v) is 15.3. The number of aliphatic imine (C=N–C) groups is 3. The maximum Gasteiger partial charge on any atom is 0.132 e. The highest BCUT2D eigenvalue weighted by Crippen LogP contribution is 2.46. The van der Waals surface area contributed by atoms with Gasteiger partial charge in [0.1, 0.15) is 12.0 Å². The number of thiophene rings is 2. The lowest BCUT2D eigenvalue weighted by molar-refractivity contribution is 0.650. The Morgan fingerprint density at radius 1 is 0.720 bits per heavy atom. The molecular formula is C42H34N6S2. The number of rotatable bonds is 5. The van der Waals surface area contributed by atoms with Gasteiger partial charge in [-0.25, -0.2) is 0 Å². The number of hydrogen-bond donors (Lipinski definition) is 0. The van der Waals surface area contributed by atoms with Crippen LogP contribution in [0.25, 0.3) is 47.1 Å². The highest BCUT2D eigenvalue weighted by Gasteiger charge is 2.27. The first-order valence-corrected chi connectivity index (χ1v) is 19.0. The third-order valence-corrected chi connectivity index (χ3v) is 12.4. The molecule has 0 radical (unpaired) electrons. The normalized spacial score (nSPS) is 18.5. The lowest BCUT2D eigenvalue weighted by Gasteiger charge is -2.34. The maximum atomic E-state index is 4.91. The first-order valence-electron chi connectivity index (χ1n) is 17.4. The Bertz CT molecular complexity index is 2550. The summed E-state index contributed by atoms with van der Waals surface area (Å²) in [5.74, 6) is 1.01. The molecule has 6 aromatic rings. The van der Waals surface area contributed by atoms with Crippen LogP contribution in [0.1, 0.15) is 36.1 Å². The minimum atomic E-state index is 0.0542. The van der Waals surface area contributed by atoms with E-state index in [0.29, 0.717) is 0 Å². The van der Waals surface area contributed by atoms with E-state index in [1.54, 1.807) is 0 Å². The number of allylic oxidation sites excluding steroid dienone is 3. The van der Waals surface area contributed by atoms with Crippen molar-refractivity contribution >= 4 is 99.4 Å². The van der Waals surface area contributed by atoms with Gasteiger partial charge in [-0.3, -0.25) is 24.9 Å². The third-order valence-electron chi connectivity index (χ3n) is 10.2. The quantitative estimate of drug-likeness (QED) is 0.181. The lowest BCUT2D eigenvalue weighted by Crippen LogP contribution is -2.34. The van der Waals surface area contributed by atoms with E-state index in [9.17, 15) is 0 Å². The molecule has 1 aliphatic carbocycles. The molecule has 0 N–H and O–H groups in total. The van der Waals surface area contributed by atoms with E-state index in [0.717, 1.165) is 62.4 Å². The van der Waals surface area contributed by atoms with Crippen molar-refractivity contribution in [3.05, 3.63) is 119 Å². The van der Waals surface area contributed by atoms with Crippen LogP contribution in [0.2, 0.25) is 0 Å². The van der Waals surface area contributed by atoms with Gasteiger partial charge >= 0.3 is 0 Å². The van der Waals surface area contributed by atoms with E-state index < -0.39 is 0 Å². The molecule has 0 saturated heterocycles. The van der Waals surface area contributed by atoms with E-state index in [1.807, 2.05) is 53.6 Å². The number of aryl methyl sites for hydroxylation is 1. The number of anilines is 2. The molecule has 3 aromatic carbocycles. The van der Waals surface area contributed by atoms with E-state index in [1.165, 1.54) is 62.9 Å². The topological polar surface area (TPSA) is 56.5 Å². The van der Waals surface area contributed by atoms with Gasteiger partial charge in [0.15, 0.2) is 0 Å². The molecule has 244 valence electrons. The van der Waals surface area contributed by atoms with Crippen LogP contribution in [0, 0.1) is 0 Å². The second kappa shape index (κ2) is 12.3. The number of fused-ring (bicyclic) bond motifs is 9. The predicted octanol–water partition coefficient (Wildman–Crippen LogP) is 10.5. The van der Waals surface area contributed by atoms with Crippen molar-refractivity contribution in [2.24, 2.45) is 15.0 Å². The van der Waals surface area contributed by atoms with Gasteiger partial charge < -0.3 is 4.90 Å². The van der Waals surface area contributed by atoms with Crippen LogP contribution >= 0.6 is 22.7 Å². The summed E-state index contributed by atoms with van der Waals surface area (Å²) in [5.41, 5.74) is 6.34. The molecule has 10 rings (SSSR count). The number of pyridine rings is 1. The Hall–Kier alpha value is -5.18. The van der Waals surface area contributed by atoms with E-state index in [-0.39, 0.29) is 6.17 Å². The van der Waals surface area contributed by atoms with E-state index >= 15 is 0 Å². The zero-order chi connectivity index (χ0) is 33.0.